The Kier molecular flexibility index (Phi) is 3.83. The van der Waals surface area contributed by atoms with Gasteiger partial charge in [0.25, 0.3) is 0 Å². The Morgan fingerprint density at radius 1 is 1.36 bits per heavy atom. The summed E-state index contributed by atoms with van der Waals surface area (Å²) in [4.78, 5) is 0. The first kappa shape index (κ1) is 11.2. The fourth-order valence-corrected chi connectivity index (χ4v) is 1.23. The van der Waals surface area contributed by atoms with Crippen LogP contribution in [0.4, 0.5) is 0 Å². The van der Waals surface area contributed by atoms with Crippen molar-refractivity contribution in [3.63, 3.8) is 0 Å². The van der Waals surface area contributed by atoms with Crippen molar-refractivity contribution in [2.45, 2.75) is 0 Å². The molecule has 0 rings (SSSR count). The normalized spacial score (nSPS) is 13.5. The lowest BCUT2D eigenvalue weighted by molar-refractivity contribution is -0.886. The van der Waals surface area contributed by atoms with Crippen molar-refractivity contribution < 1.29 is 17.1 Å². The van der Waals surface area contributed by atoms with Crippen LogP contribution in [0.2, 0.25) is 0 Å². The molecule has 0 aromatic rings. The Morgan fingerprint density at radius 3 is 2.09 bits per heavy atom. The Hall–Kier alpha value is 0.220. The first-order valence-corrected chi connectivity index (χ1v) is 6.17. The summed E-state index contributed by atoms with van der Waals surface area (Å²) in [5, 5.41) is 0. The highest BCUT2D eigenvalue weighted by Gasteiger charge is 2.14. The van der Waals surface area contributed by atoms with E-state index in [0.717, 1.165) is 0 Å². The van der Waals surface area contributed by atoms with E-state index in [9.17, 15) is 8.42 Å². The van der Waals surface area contributed by atoms with Crippen molar-refractivity contribution in [3.05, 3.63) is 0 Å². The summed E-state index contributed by atoms with van der Waals surface area (Å²) in [5.41, 5.74) is 0. The van der Waals surface area contributed by atoms with Gasteiger partial charge in [-0.15, -0.1) is 0 Å². The van der Waals surface area contributed by atoms with Gasteiger partial charge in [0.15, 0.2) is 0 Å². The Balaban J connectivity index is 3.91. The predicted octanol–water partition coefficient (Wildman–Crippen LogP) is 0.274. The van der Waals surface area contributed by atoms with Gasteiger partial charge < -0.3 is 4.48 Å². The molecule has 0 bridgehead atoms. The number of nitrogens with zero attached hydrogens (tertiary/aromatic N) is 1. The number of hydrogen-bond acceptors (Lipinski definition) is 4. The van der Waals surface area contributed by atoms with E-state index in [1.165, 1.54) is 6.26 Å². The third-order valence-electron chi connectivity index (χ3n) is 0.788. The van der Waals surface area contributed by atoms with Crippen molar-refractivity contribution in [2.24, 2.45) is 0 Å². The van der Waals surface area contributed by atoms with Gasteiger partial charge in [-0.1, -0.05) is 0 Å². The molecule has 0 aliphatic carbocycles. The highest BCUT2D eigenvalue weighted by Crippen LogP contribution is 2.10. The van der Waals surface area contributed by atoms with Crippen LogP contribution in [0.1, 0.15) is 0 Å². The van der Waals surface area contributed by atoms with Crippen molar-refractivity contribution in [1.82, 2.24) is 0 Å². The zero-order valence-corrected chi connectivity index (χ0v) is 8.83. The molecule has 0 unspecified atom stereocenters. The average Bonchev–Trinajstić information content (AvgIpc) is 1.83. The summed E-state index contributed by atoms with van der Waals surface area (Å²) < 4.78 is 26.7. The molecule has 0 aromatic carbocycles. The van der Waals surface area contributed by atoms with Crippen LogP contribution in [-0.4, -0.2) is 47.0 Å². The molecule has 11 heavy (non-hydrogen) atoms. The second kappa shape index (κ2) is 3.75. The molecule has 0 amide bonds. The van der Waals surface area contributed by atoms with Gasteiger partial charge in [-0.2, -0.15) is 8.42 Å². The molecule has 0 saturated carbocycles. The summed E-state index contributed by atoms with van der Waals surface area (Å²) in [7, 11) is 2.93. The summed E-state index contributed by atoms with van der Waals surface area (Å²) in [5.74, 6) is 0. The lowest BCUT2D eigenvalue weighted by Crippen LogP contribution is -2.37. The summed E-state index contributed by atoms with van der Waals surface area (Å²) in [6.07, 6.45) is 1.48. The second-order valence-electron chi connectivity index (χ2n) is 3.11. The standard InChI is InChI=1S/C5H14NO3S2/c1-6(2,3)5-9-11(7,8)10-4/h5H2,1-4H3/q+1. The third kappa shape index (κ3) is 6.61. The smallest absolute Gasteiger partial charge is 0.307 e. The minimum atomic E-state index is -3.35. The van der Waals surface area contributed by atoms with E-state index >= 15 is 0 Å². The molecule has 0 N–H and O–H groups in total. The van der Waals surface area contributed by atoms with Gasteiger partial charge in [0.05, 0.1) is 21.1 Å². The molecule has 0 fully saturated rings. The zero-order valence-electron chi connectivity index (χ0n) is 7.20. The molecule has 0 aliphatic rings. The molecule has 0 atom stereocenters. The molecule has 0 radical (unpaired) electrons. The van der Waals surface area contributed by atoms with Gasteiger partial charge in [0.1, 0.15) is 0 Å². The van der Waals surface area contributed by atoms with Crippen LogP contribution in [0.15, 0.2) is 0 Å². The van der Waals surface area contributed by atoms with Crippen LogP contribution in [0.3, 0.4) is 0 Å². The van der Waals surface area contributed by atoms with Crippen molar-refractivity contribution in [3.8, 4) is 0 Å². The molecular formula is C5H14NO3S2+. The molecule has 6 heteroatoms. The highest BCUT2D eigenvalue weighted by atomic mass is 33.1. The minimum absolute atomic E-state index is 0.170. The topological polar surface area (TPSA) is 43.4 Å². The van der Waals surface area contributed by atoms with Gasteiger partial charge in [-0.3, -0.25) is 0 Å². The number of hydrogen-bond donors (Lipinski definition) is 0. The van der Waals surface area contributed by atoms with Crippen LogP contribution in [0, 0.1) is 0 Å². The van der Waals surface area contributed by atoms with E-state index in [0.29, 0.717) is 15.3 Å². The summed E-state index contributed by atoms with van der Waals surface area (Å²) >= 11 is 0. The van der Waals surface area contributed by atoms with Crippen LogP contribution in [0.5, 0.6) is 0 Å². The molecule has 68 valence electrons. The lowest BCUT2D eigenvalue weighted by Gasteiger charge is -2.22. The molecule has 0 heterocycles. The minimum Gasteiger partial charge on any atom is -0.307 e. The quantitative estimate of drug-likeness (QED) is 0.371. The van der Waals surface area contributed by atoms with Gasteiger partial charge in [0.2, 0.25) is 6.73 Å². The van der Waals surface area contributed by atoms with Gasteiger partial charge in [0, 0.05) is 0 Å². The SMILES string of the molecule is CSS(=O)(=O)OC[N+](C)(C)C. The molecule has 0 aliphatic heterocycles. The third-order valence-corrected chi connectivity index (χ3v) is 3.10. The maximum absolute atomic E-state index is 10.8. The second-order valence-corrected chi connectivity index (χ2v) is 6.72. The Morgan fingerprint density at radius 2 is 1.82 bits per heavy atom. The van der Waals surface area contributed by atoms with E-state index < -0.39 is 9.15 Å². The van der Waals surface area contributed by atoms with Crippen molar-refractivity contribution >= 4 is 19.9 Å². The van der Waals surface area contributed by atoms with Crippen LogP contribution in [-0.2, 0) is 13.3 Å². The van der Waals surface area contributed by atoms with E-state index in [1.54, 1.807) is 0 Å². The van der Waals surface area contributed by atoms with Crippen LogP contribution < -0.4 is 0 Å². The van der Waals surface area contributed by atoms with E-state index in [-0.39, 0.29) is 6.73 Å². The van der Waals surface area contributed by atoms with Gasteiger partial charge >= 0.3 is 9.15 Å². The van der Waals surface area contributed by atoms with Crippen molar-refractivity contribution in [2.75, 3.05) is 34.1 Å². The first-order valence-electron chi connectivity index (χ1n) is 3.02. The molecular weight excluding hydrogens is 186 g/mol. The fourth-order valence-electron chi connectivity index (χ4n) is 0.271. The average molecular weight is 200 g/mol. The lowest BCUT2D eigenvalue weighted by atomic mass is 10.7. The Bertz CT molecular complexity index is 204. The maximum atomic E-state index is 10.8. The summed E-state index contributed by atoms with van der Waals surface area (Å²) in [6.45, 7) is 0.170. The molecule has 0 saturated heterocycles. The number of rotatable bonds is 4. The van der Waals surface area contributed by atoms with E-state index in [2.05, 4.69) is 4.18 Å². The number of quaternary nitrogens is 1. The Labute approximate surface area is 71.6 Å². The predicted molar refractivity (Wildman–Crippen MR) is 46.4 cm³/mol. The van der Waals surface area contributed by atoms with E-state index in [1.807, 2.05) is 21.1 Å². The molecule has 0 aromatic heterocycles. The van der Waals surface area contributed by atoms with Crippen LogP contribution >= 0.6 is 10.8 Å². The zero-order chi connectivity index (χ0) is 9.12. The largest absolute Gasteiger partial charge is 0.326 e. The monoisotopic (exact) mass is 200 g/mol. The molecule has 4 nitrogen and oxygen atoms in total. The van der Waals surface area contributed by atoms with Gasteiger partial charge in [-0.05, 0) is 17.0 Å². The first-order chi connectivity index (χ1) is 4.77. The fraction of sp³-hybridized carbons (Fsp3) is 1.00. The highest BCUT2D eigenvalue weighted by molar-refractivity contribution is 8.70. The molecule has 0 spiro atoms. The van der Waals surface area contributed by atoms with Gasteiger partial charge in [-0.25, -0.2) is 4.18 Å². The maximum Gasteiger partial charge on any atom is 0.326 e. The van der Waals surface area contributed by atoms with Crippen molar-refractivity contribution in [1.29, 1.82) is 0 Å². The van der Waals surface area contributed by atoms with E-state index in [4.69, 9.17) is 0 Å². The van der Waals surface area contributed by atoms with Crippen LogP contribution in [0.25, 0.3) is 0 Å². The summed E-state index contributed by atoms with van der Waals surface area (Å²) in [6, 6.07) is 0.